The lowest BCUT2D eigenvalue weighted by Gasteiger charge is -2.12. The largest absolute Gasteiger partial charge is 0.293 e. The van der Waals surface area contributed by atoms with E-state index < -0.39 is 0 Å². The van der Waals surface area contributed by atoms with Crippen LogP contribution < -0.4 is 0 Å². The molecule has 0 saturated heterocycles. The highest BCUT2D eigenvalue weighted by Gasteiger charge is 2.16. The Morgan fingerprint density at radius 2 is 1.88 bits per heavy atom. The van der Waals surface area contributed by atoms with Gasteiger partial charge >= 0.3 is 0 Å². The van der Waals surface area contributed by atoms with E-state index in [2.05, 4.69) is 40.3 Å². The third kappa shape index (κ3) is 2.98. The van der Waals surface area contributed by atoms with E-state index in [-0.39, 0.29) is 11.7 Å². The number of carbonyl (C=O) groups is 1. The molecule has 3 heterocycles. The fraction of sp³-hybridized carbons (Fsp3) is 0.300. The minimum absolute atomic E-state index is 0.0546. The second kappa shape index (κ2) is 7.07. The van der Waals surface area contributed by atoms with Crippen LogP contribution in [0.5, 0.6) is 0 Å². The van der Waals surface area contributed by atoms with Crippen LogP contribution >= 0.6 is 0 Å². The van der Waals surface area contributed by atoms with Crippen LogP contribution in [-0.4, -0.2) is 30.2 Å². The standard InChI is InChI=1S/C18H17N5O.C2H6/c1-11(13-4-6-16-14(8-13)9-20-22(16)3)17-10-19-18-7-5-15(12(2)24)21-23(17)18;1-2/h4-11H,1-3H3;1-2H3. The molecule has 4 rings (SSSR count). The summed E-state index contributed by atoms with van der Waals surface area (Å²) in [5.74, 6) is 0.0419. The van der Waals surface area contributed by atoms with Crippen LogP contribution in [0.25, 0.3) is 16.6 Å². The lowest BCUT2D eigenvalue weighted by Crippen LogP contribution is -2.07. The van der Waals surface area contributed by atoms with Crippen molar-refractivity contribution in [2.45, 2.75) is 33.6 Å². The Morgan fingerprint density at radius 1 is 1.12 bits per heavy atom. The predicted octanol–water partition coefficient (Wildman–Crippen LogP) is 4.00. The summed E-state index contributed by atoms with van der Waals surface area (Å²) in [7, 11) is 1.93. The number of aromatic nitrogens is 5. The molecule has 6 heteroatoms. The van der Waals surface area contributed by atoms with Gasteiger partial charge in [0.15, 0.2) is 11.4 Å². The van der Waals surface area contributed by atoms with Crippen LogP contribution in [0.1, 0.15) is 55.4 Å². The Labute approximate surface area is 152 Å². The minimum atomic E-state index is -0.0546. The van der Waals surface area contributed by atoms with Crippen molar-refractivity contribution in [3.8, 4) is 0 Å². The maximum Gasteiger partial charge on any atom is 0.179 e. The molecule has 1 atom stereocenters. The molecule has 0 radical (unpaired) electrons. The highest BCUT2D eigenvalue weighted by atomic mass is 16.1. The number of imidazole rings is 1. The molecular weight excluding hydrogens is 326 g/mol. The molecule has 26 heavy (non-hydrogen) atoms. The van der Waals surface area contributed by atoms with Gasteiger partial charge in [0.2, 0.25) is 0 Å². The predicted molar refractivity (Wildman–Crippen MR) is 103 cm³/mol. The highest BCUT2D eigenvalue weighted by molar-refractivity contribution is 5.92. The van der Waals surface area contributed by atoms with Crippen molar-refractivity contribution in [2.24, 2.45) is 7.05 Å². The lowest BCUT2D eigenvalue weighted by molar-refractivity contribution is 0.101. The molecule has 4 aromatic rings. The number of Topliss-reactive ketones (excluding diaryl/α,β-unsaturated/α-hetero) is 1. The van der Waals surface area contributed by atoms with Crippen LogP contribution in [0.4, 0.5) is 0 Å². The van der Waals surface area contributed by atoms with Crippen LogP contribution in [0.2, 0.25) is 0 Å². The summed E-state index contributed by atoms with van der Waals surface area (Å²) in [6.45, 7) is 7.63. The Balaban J connectivity index is 0.000000948. The SMILES string of the molecule is CC.CC(=O)c1ccc2ncc(C(C)c3ccc4c(cnn4C)c3)n2n1. The summed E-state index contributed by atoms with van der Waals surface area (Å²) in [5, 5.41) is 9.83. The van der Waals surface area contributed by atoms with Gasteiger partial charge in [0.25, 0.3) is 0 Å². The van der Waals surface area contributed by atoms with Crippen molar-refractivity contribution in [2.75, 3.05) is 0 Å². The molecule has 134 valence electrons. The van der Waals surface area contributed by atoms with Gasteiger partial charge in [-0.2, -0.15) is 10.2 Å². The first-order chi connectivity index (χ1) is 12.5. The van der Waals surface area contributed by atoms with E-state index in [0.29, 0.717) is 5.69 Å². The highest BCUT2D eigenvalue weighted by Crippen LogP contribution is 2.27. The van der Waals surface area contributed by atoms with E-state index in [9.17, 15) is 4.79 Å². The zero-order valence-corrected chi connectivity index (χ0v) is 15.8. The van der Waals surface area contributed by atoms with Gasteiger partial charge in [0, 0.05) is 25.3 Å². The molecule has 0 N–H and O–H groups in total. The number of carbonyl (C=O) groups excluding carboxylic acids is 1. The summed E-state index contributed by atoms with van der Waals surface area (Å²) in [4.78, 5) is 16.0. The van der Waals surface area contributed by atoms with E-state index >= 15 is 0 Å². The van der Waals surface area contributed by atoms with Gasteiger partial charge in [0.05, 0.1) is 23.6 Å². The second-order valence-corrected chi connectivity index (χ2v) is 6.04. The van der Waals surface area contributed by atoms with Crippen molar-refractivity contribution in [3.63, 3.8) is 0 Å². The van der Waals surface area contributed by atoms with Crippen molar-refractivity contribution < 1.29 is 4.79 Å². The van der Waals surface area contributed by atoms with Crippen molar-refractivity contribution in [1.29, 1.82) is 0 Å². The molecule has 0 saturated carbocycles. The van der Waals surface area contributed by atoms with Crippen LogP contribution in [0.3, 0.4) is 0 Å². The number of nitrogens with zero attached hydrogens (tertiary/aromatic N) is 5. The van der Waals surface area contributed by atoms with Gasteiger partial charge in [-0.25, -0.2) is 9.50 Å². The number of benzene rings is 1. The van der Waals surface area contributed by atoms with E-state index in [1.165, 1.54) is 6.92 Å². The molecular formula is C20H23N5O. The first-order valence-corrected chi connectivity index (χ1v) is 8.82. The molecule has 1 aromatic carbocycles. The van der Waals surface area contributed by atoms with Crippen LogP contribution in [0, 0.1) is 0 Å². The van der Waals surface area contributed by atoms with E-state index in [4.69, 9.17) is 0 Å². The summed E-state index contributed by atoms with van der Waals surface area (Å²) in [5.41, 5.74) is 4.39. The fourth-order valence-corrected chi connectivity index (χ4v) is 3.00. The molecule has 0 amide bonds. The number of hydrogen-bond donors (Lipinski definition) is 0. The first-order valence-electron chi connectivity index (χ1n) is 8.82. The number of aryl methyl sites for hydroxylation is 1. The average molecular weight is 349 g/mol. The number of rotatable bonds is 3. The molecule has 0 aliphatic carbocycles. The summed E-state index contributed by atoms with van der Waals surface area (Å²) in [6.07, 6.45) is 3.69. The Morgan fingerprint density at radius 3 is 2.62 bits per heavy atom. The molecule has 0 bridgehead atoms. The van der Waals surface area contributed by atoms with E-state index in [1.807, 2.05) is 44.0 Å². The fourth-order valence-electron chi connectivity index (χ4n) is 3.00. The van der Waals surface area contributed by atoms with E-state index in [1.54, 1.807) is 10.6 Å². The van der Waals surface area contributed by atoms with Gasteiger partial charge in [-0.05, 0) is 29.8 Å². The Bertz CT molecular complexity index is 1080. The molecule has 3 aromatic heterocycles. The number of fused-ring (bicyclic) bond motifs is 2. The average Bonchev–Trinajstić information content (AvgIpc) is 3.25. The molecule has 0 aliphatic heterocycles. The molecule has 0 spiro atoms. The molecule has 6 nitrogen and oxygen atoms in total. The van der Waals surface area contributed by atoms with Gasteiger partial charge in [-0.1, -0.05) is 26.8 Å². The minimum Gasteiger partial charge on any atom is -0.293 e. The van der Waals surface area contributed by atoms with Gasteiger partial charge in [-0.3, -0.25) is 9.48 Å². The summed E-state index contributed by atoms with van der Waals surface area (Å²) >= 11 is 0. The maximum atomic E-state index is 11.6. The van der Waals surface area contributed by atoms with E-state index in [0.717, 1.165) is 27.8 Å². The number of ketones is 1. The van der Waals surface area contributed by atoms with Crippen molar-refractivity contribution >= 4 is 22.3 Å². The van der Waals surface area contributed by atoms with Crippen molar-refractivity contribution in [1.82, 2.24) is 24.4 Å². The Kier molecular flexibility index (Phi) is 4.84. The smallest absolute Gasteiger partial charge is 0.179 e. The monoisotopic (exact) mass is 349 g/mol. The molecule has 1 unspecified atom stereocenters. The third-order valence-corrected chi connectivity index (χ3v) is 4.46. The quantitative estimate of drug-likeness (QED) is 0.525. The third-order valence-electron chi connectivity index (χ3n) is 4.46. The second-order valence-electron chi connectivity index (χ2n) is 6.04. The normalized spacial score (nSPS) is 12.0. The summed E-state index contributed by atoms with van der Waals surface area (Å²) in [6, 6.07) is 9.85. The molecule has 0 aliphatic rings. The maximum absolute atomic E-state index is 11.6. The van der Waals surface area contributed by atoms with Gasteiger partial charge in [-0.15, -0.1) is 0 Å². The van der Waals surface area contributed by atoms with Crippen LogP contribution in [0.15, 0.2) is 42.7 Å². The Hall–Kier alpha value is -3.02. The first kappa shape index (κ1) is 17.8. The van der Waals surface area contributed by atoms with Gasteiger partial charge < -0.3 is 0 Å². The summed E-state index contributed by atoms with van der Waals surface area (Å²) < 4.78 is 3.62. The zero-order chi connectivity index (χ0) is 18.8. The number of hydrogen-bond acceptors (Lipinski definition) is 4. The van der Waals surface area contributed by atoms with Crippen LogP contribution in [-0.2, 0) is 7.05 Å². The zero-order valence-electron chi connectivity index (χ0n) is 15.8. The molecule has 0 fully saturated rings. The van der Waals surface area contributed by atoms with Crippen molar-refractivity contribution in [3.05, 3.63) is 59.7 Å². The van der Waals surface area contributed by atoms with Gasteiger partial charge in [0.1, 0.15) is 5.69 Å². The lowest BCUT2D eigenvalue weighted by atomic mass is 9.97. The topological polar surface area (TPSA) is 65.1 Å².